The van der Waals surface area contributed by atoms with Gasteiger partial charge >= 0.3 is 0 Å². The Labute approximate surface area is 116 Å². The molecule has 3 rings (SSSR count). The van der Waals surface area contributed by atoms with E-state index in [0.29, 0.717) is 25.1 Å². The molecule has 0 fully saturated rings. The molecule has 0 spiro atoms. The van der Waals surface area contributed by atoms with E-state index in [1.807, 2.05) is 18.2 Å². The Hall–Kier alpha value is -2.36. The van der Waals surface area contributed by atoms with Crippen LogP contribution < -0.4 is 10.6 Å². The van der Waals surface area contributed by atoms with Gasteiger partial charge in [0, 0.05) is 17.8 Å². The van der Waals surface area contributed by atoms with Gasteiger partial charge in [-0.2, -0.15) is 0 Å². The van der Waals surface area contributed by atoms with E-state index < -0.39 is 0 Å². The number of hydrogen-bond donors (Lipinski definition) is 1. The van der Waals surface area contributed by atoms with Crippen LogP contribution in [0.3, 0.4) is 0 Å². The van der Waals surface area contributed by atoms with Gasteiger partial charge in [0.25, 0.3) is 0 Å². The van der Waals surface area contributed by atoms with Crippen LogP contribution in [0.5, 0.6) is 0 Å². The molecule has 0 aliphatic carbocycles. The topological polar surface area (TPSA) is 46.3 Å². The molecule has 0 saturated carbocycles. The molecule has 0 radical (unpaired) electrons. The highest BCUT2D eigenvalue weighted by atomic mass is 19.1. The molecule has 102 valence electrons. The van der Waals surface area contributed by atoms with Crippen LogP contribution in [0, 0.1) is 5.82 Å². The van der Waals surface area contributed by atoms with Crippen molar-refractivity contribution in [2.45, 2.75) is 19.4 Å². The van der Waals surface area contributed by atoms with Crippen LogP contribution in [0.2, 0.25) is 0 Å². The third kappa shape index (κ3) is 2.37. The number of carbonyl (C=O) groups is 1. The van der Waals surface area contributed by atoms with E-state index >= 15 is 0 Å². The summed E-state index contributed by atoms with van der Waals surface area (Å²) in [5.74, 6) is -0.226. The first kappa shape index (κ1) is 12.7. The Balaban J connectivity index is 1.95. The highest BCUT2D eigenvalue weighted by Gasteiger charge is 2.24. The second kappa shape index (κ2) is 4.96. The van der Waals surface area contributed by atoms with E-state index in [2.05, 4.69) is 0 Å². The molecule has 0 unspecified atom stereocenters. The number of benzene rings is 2. The molecule has 3 nitrogen and oxygen atoms in total. The van der Waals surface area contributed by atoms with E-state index in [4.69, 9.17) is 5.73 Å². The first-order valence-electron chi connectivity index (χ1n) is 6.57. The lowest BCUT2D eigenvalue weighted by Crippen LogP contribution is -2.34. The lowest BCUT2D eigenvalue weighted by molar-refractivity contribution is -0.119. The molecular weight excluding hydrogens is 255 g/mol. The fraction of sp³-hybridized carbons (Fsp3) is 0.188. The van der Waals surface area contributed by atoms with Crippen molar-refractivity contribution in [3.05, 3.63) is 59.4 Å². The number of anilines is 2. The minimum atomic E-state index is -0.288. The van der Waals surface area contributed by atoms with Crippen molar-refractivity contribution in [2.75, 3.05) is 10.6 Å². The Kier molecular flexibility index (Phi) is 3.14. The minimum Gasteiger partial charge on any atom is -0.399 e. The quantitative estimate of drug-likeness (QED) is 0.853. The fourth-order valence-electron chi connectivity index (χ4n) is 2.57. The number of hydrogen-bond acceptors (Lipinski definition) is 2. The van der Waals surface area contributed by atoms with Crippen LogP contribution in [0.1, 0.15) is 17.5 Å². The average Bonchev–Trinajstić information content (AvgIpc) is 2.42. The van der Waals surface area contributed by atoms with Crippen molar-refractivity contribution in [3.63, 3.8) is 0 Å². The van der Waals surface area contributed by atoms with Crippen molar-refractivity contribution in [3.8, 4) is 0 Å². The monoisotopic (exact) mass is 270 g/mol. The molecule has 2 N–H and O–H groups in total. The lowest BCUT2D eigenvalue weighted by Gasteiger charge is -2.29. The van der Waals surface area contributed by atoms with Gasteiger partial charge in [-0.05, 0) is 47.9 Å². The van der Waals surface area contributed by atoms with Gasteiger partial charge in [-0.1, -0.05) is 12.1 Å². The van der Waals surface area contributed by atoms with Gasteiger partial charge in [-0.3, -0.25) is 4.79 Å². The molecule has 2 aromatic rings. The smallest absolute Gasteiger partial charge is 0.227 e. The number of aryl methyl sites for hydroxylation is 1. The molecule has 0 atom stereocenters. The maximum absolute atomic E-state index is 13.2. The molecule has 1 aliphatic rings. The van der Waals surface area contributed by atoms with E-state index in [-0.39, 0.29) is 11.7 Å². The zero-order chi connectivity index (χ0) is 14.1. The van der Waals surface area contributed by atoms with Gasteiger partial charge in [0.15, 0.2) is 0 Å². The van der Waals surface area contributed by atoms with Crippen molar-refractivity contribution < 1.29 is 9.18 Å². The van der Waals surface area contributed by atoms with Crippen LogP contribution in [-0.2, 0) is 17.8 Å². The summed E-state index contributed by atoms with van der Waals surface area (Å²) in [4.78, 5) is 13.8. The number of fused-ring (bicyclic) bond motifs is 1. The summed E-state index contributed by atoms with van der Waals surface area (Å²) in [5, 5.41) is 0. The third-order valence-corrected chi connectivity index (χ3v) is 3.53. The average molecular weight is 270 g/mol. The van der Waals surface area contributed by atoms with Gasteiger partial charge in [0.05, 0.1) is 6.54 Å². The summed E-state index contributed by atoms with van der Waals surface area (Å²) in [6.45, 7) is 0.382. The number of carbonyl (C=O) groups excluding carboxylic acids is 1. The molecule has 1 heterocycles. The Morgan fingerprint density at radius 3 is 2.80 bits per heavy atom. The minimum absolute atomic E-state index is 0.0616. The summed E-state index contributed by atoms with van der Waals surface area (Å²) in [5.41, 5.74) is 9.21. The van der Waals surface area contributed by atoms with Gasteiger partial charge in [-0.25, -0.2) is 4.39 Å². The van der Waals surface area contributed by atoms with Crippen LogP contribution >= 0.6 is 0 Å². The number of nitrogens with two attached hydrogens (primary N) is 1. The third-order valence-electron chi connectivity index (χ3n) is 3.53. The summed E-state index contributed by atoms with van der Waals surface area (Å²) in [7, 11) is 0. The molecule has 0 aromatic heterocycles. The zero-order valence-electron chi connectivity index (χ0n) is 11.0. The summed E-state index contributed by atoms with van der Waals surface area (Å²) in [6, 6.07) is 11.9. The first-order chi connectivity index (χ1) is 9.63. The Bertz CT molecular complexity index is 669. The lowest BCUT2D eigenvalue weighted by atomic mass is 10.00. The number of nitrogens with zero attached hydrogens (tertiary/aromatic N) is 1. The molecule has 1 amide bonds. The zero-order valence-corrected chi connectivity index (χ0v) is 11.0. The van der Waals surface area contributed by atoms with E-state index in [1.54, 1.807) is 17.0 Å². The number of halogens is 1. The summed E-state index contributed by atoms with van der Waals surface area (Å²) < 4.78 is 13.2. The van der Waals surface area contributed by atoms with E-state index in [0.717, 1.165) is 16.8 Å². The van der Waals surface area contributed by atoms with Gasteiger partial charge in [-0.15, -0.1) is 0 Å². The van der Waals surface area contributed by atoms with Gasteiger partial charge in [0.2, 0.25) is 5.91 Å². The predicted octanol–water partition coefficient (Wildman–Crippen LogP) is 2.89. The van der Waals surface area contributed by atoms with Crippen LogP contribution in [0.15, 0.2) is 42.5 Å². The standard InChI is InChI=1S/C16H15FN2O/c17-13-3-1-2-11(8-13)10-19-15-6-5-14(18)9-12(15)4-7-16(19)20/h1-3,5-6,8-9H,4,7,10,18H2. The molecule has 1 aliphatic heterocycles. The highest BCUT2D eigenvalue weighted by Crippen LogP contribution is 2.30. The Morgan fingerprint density at radius 2 is 2.00 bits per heavy atom. The fourth-order valence-corrected chi connectivity index (χ4v) is 2.57. The highest BCUT2D eigenvalue weighted by molar-refractivity contribution is 5.96. The number of rotatable bonds is 2. The van der Waals surface area contributed by atoms with Crippen molar-refractivity contribution in [2.24, 2.45) is 0 Å². The van der Waals surface area contributed by atoms with Crippen LogP contribution in [0.4, 0.5) is 15.8 Å². The molecule has 4 heteroatoms. The van der Waals surface area contributed by atoms with E-state index in [9.17, 15) is 9.18 Å². The molecule has 2 aromatic carbocycles. The predicted molar refractivity (Wildman–Crippen MR) is 76.8 cm³/mol. The van der Waals surface area contributed by atoms with Crippen molar-refractivity contribution in [1.82, 2.24) is 0 Å². The van der Waals surface area contributed by atoms with Gasteiger partial charge in [0.1, 0.15) is 5.82 Å². The largest absolute Gasteiger partial charge is 0.399 e. The maximum Gasteiger partial charge on any atom is 0.227 e. The molecule has 0 bridgehead atoms. The SMILES string of the molecule is Nc1ccc2c(c1)CCC(=O)N2Cc1cccc(F)c1. The van der Waals surface area contributed by atoms with Crippen LogP contribution in [0.25, 0.3) is 0 Å². The summed E-state index contributed by atoms with van der Waals surface area (Å²) >= 11 is 0. The summed E-state index contributed by atoms with van der Waals surface area (Å²) in [6.07, 6.45) is 1.17. The molecule has 20 heavy (non-hydrogen) atoms. The Morgan fingerprint density at radius 1 is 1.15 bits per heavy atom. The maximum atomic E-state index is 13.2. The molecular formula is C16H15FN2O. The molecule has 0 saturated heterocycles. The van der Waals surface area contributed by atoms with E-state index in [1.165, 1.54) is 12.1 Å². The van der Waals surface area contributed by atoms with Crippen molar-refractivity contribution in [1.29, 1.82) is 0 Å². The first-order valence-corrected chi connectivity index (χ1v) is 6.57. The normalized spacial score (nSPS) is 14.2. The second-order valence-electron chi connectivity index (χ2n) is 5.00. The van der Waals surface area contributed by atoms with Crippen molar-refractivity contribution >= 4 is 17.3 Å². The van der Waals surface area contributed by atoms with Crippen LogP contribution in [-0.4, -0.2) is 5.91 Å². The number of amides is 1. The van der Waals surface area contributed by atoms with Gasteiger partial charge < -0.3 is 10.6 Å². The second-order valence-corrected chi connectivity index (χ2v) is 5.00. The number of nitrogen functional groups attached to an aromatic ring is 1.